The molecule has 0 saturated carbocycles. The zero-order chi connectivity index (χ0) is 19.1. The van der Waals surface area contributed by atoms with Crippen LogP contribution in [0.5, 0.6) is 11.5 Å². The van der Waals surface area contributed by atoms with Crippen molar-refractivity contribution in [2.45, 2.75) is 0 Å². The standard InChI is InChI=1S/C21H14FN3O2/c22-19-12-15(6-8-20(19)27-18-5-2-10-24-14-18)7-9-21(26)25-17-4-1-3-16(11-17)13-23/h1-12,14H,(H,25,26)/b9-7+. The SMILES string of the molecule is N#Cc1cccc(NC(=O)/C=C/c2ccc(Oc3cccnc3)c(F)c2)c1. The van der Waals surface area contributed by atoms with Gasteiger partial charge in [-0.25, -0.2) is 4.39 Å². The van der Waals surface area contributed by atoms with Crippen molar-refractivity contribution in [1.29, 1.82) is 5.26 Å². The number of pyridine rings is 1. The highest BCUT2D eigenvalue weighted by Gasteiger charge is 2.06. The topological polar surface area (TPSA) is 75.0 Å². The maximum Gasteiger partial charge on any atom is 0.248 e. The number of halogens is 1. The quantitative estimate of drug-likeness (QED) is 0.679. The fraction of sp³-hybridized carbons (Fsp3) is 0. The average molecular weight is 359 g/mol. The summed E-state index contributed by atoms with van der Waals surface area (Å²) in [6.07, 6.45) is 5.85. The third-order valence-electron chi connectivity index (χ3n) is 3.50. The van der Waals surface area contributed by atoms with Gasteiger partial charge in [0.2, 0.25) is 5.91 Å². The van der Waals surface area contributed by atoms with Crippen LogP contribution in [0, 0.1) is 17.1 Å². The molecule has 27 heavy (non-hydrogen) atoms. The van der Waals surface area contributed by atoms with Crippen LogP contribution in [0.2, 0.25) is 0 Å². The zero-order valence-corrected chi connectivity index (χ0v) is 14.1. The van der Waals surface area contributed by atoms with E-state index >= 15 is 0 Å². The first-order valence-corrected chi connectivity index (χ1v) is 8.01. The van der Waals surface area contributed by atoms with Crippen molar-refractivity contribution < 1.29 is 13.9 Å². The highest BCUT2D eigenvalue weighted by atomic mass is 19.1. The minimum atomic E-state index is -0.553. The predicted octanol–water partition coefficient (Wildman–Crippen LogP) is 4.54. The number of amides is 1. The lowest BCUT2D eigenvalue weighted by Gasteiger charge is -2.06. The first-order chi connectivity index (χ1) is 13.1. The van der Waals surface area contributed by atoms with E-state index in [9.17, 15) is 9.18 Å². The van der Waals surface area contributed by atoms with Gasteiger partial charge in [-0.05, 0) is 54.1 Å². The summed E-state index contributed by atoms with van der Waals surface area (Å²) in [7, 11) is 0. The lowest BCUT2D eigenvalue weighted by Crippen LogP contribution is -2.07. The third kappa shape index (κ3) is 5.00. The van der Waals surface area contributed by atoms with Crippen molar-refractivity contribution >= 4 is 17.7 Å². The Kier molecular flexibility index (Phi) is 5.55. The fourth-order valence-electron chi connectivity index (χ4n) is 2.26. The average Bonchev–Trinajstić information content (AvgIpc) is 2.69. The van der Waals surface area contributed by atoms with Gasteiger partial charge in [-0.1, -0.05) is 12.1 Å². The number of hydrogen-bond donors (Lipinski definition) is 1. The maximum atomic E-state index is 14.2. The molecule has 0 unspecified atom stereocenters. The first-order valence-electron chi connectivity index (χ1n) is 8.01. The van der Waals surface area contributed by atoms with E-state index < -0.39 is 5.82 Å². The molecule has 0 fully saturated rings. The summed E-state index contributed by atoms with van der Waals surface area (Å²) in [5, 5.41) is 11.5. The summed E-state index contributed by atoms with van der Waals surface area (Å²) in [6.45, 7) is 0. The molecule has 2 aromatic carbocycles. The van der Waals surface area contributed by atoms with Crippen LogP contribution in [0.3, 0.4) is 0 Å². The molecule has 0 atom stereocenters. The molecule has 1 aromatic heterocycles. The molecule has 1 amide bonds. The number of nitriles is 1. The van der Waals surface area contributed by atoms with Crippen LogP contribution in [-0.2, 0) is 4.79 Å². The predicted molar refractivity (Wildman–Crippen MR) is 99.5 cm³/mol. The first kappa shape index (κ1) is 17.8. The van der Waals surface area contributed by atoms with E-state index in [0.717, 1.165) is 0 Å². The van der Waals surface area contributed by atoms with Crippen molar-refractivity contribution in [3.8, 4) is 17.6 Å². The van der Waals surface area contributed by atoms with E-state index in [2.05, 4.69) is 10.3 Å². The summed E-state index contributed by atoms with van der Waals surface area (Å²) in [5.74, 6) is -0.444. The van der Waals surface area contributed by atoms with Crippen LogP contribution in [0.25, 0.3) is 6.08 Å². The molecule has 0 radical (unpaired) electrons. The van der Waals surface area contributed by atoms with Crippen molar-refractivity contribution in [2.24, 2.45) is 0 Å². The number of hydrogen-bond acceptors (Lipinski definition) is 4. The number of carbonyl (C=O) groups is 1. The Morgan fingerprint density at radius 2 is 2.07 bits per heavy atom. The van der Waals surface area contributed by atoms with Crippen molar-refractivity contribution in [1.82, 2.24) is 4.98 Å². The molecule has 0 bridgehead atoms. The fourth-order valence-corrected chi connectivity index (χ4v) is 2.26. The summed E-state index contributed by atoms with van der Waals surface area (Å²) in [5.41, 5.74) is 1.46. The molecule has 1 N–H and O–H groups in total. The van der Waals surface area contributed by atoms with Gasteiger partial charge < -0.3 is 10.1 Å². The number of nitrogens with zero attached hydrogens (tertiary/aromatic N) is 2. The van der Waals surface area contributed by atoms with Gasteiger partial charge in [0.05, 0.1) is 17.8 Å². The lowest BCUT2D eigenvalue weighted by molar-refractivity contribution is -0.111. The minimum absolute atomic E-state index is 0.0675. The molecule has 0 aliphatic carbocycles. The molecule has 0 saturated heterocycles. The Bertz CT molecular complexity index is 1030. The Morgan fingerprint density at radius 3 is 2.81 bits per heavy atom. The Morgan fingerprint density at radius 1 is 1.19 bits per heavy atom. The van der Waals surface area contributed by atoms with Gasteiger partial charge in [-0.15, -0.1) is 0 Å². The number of nitrogens with one attached hydrogen (secondary N) is 1. The van der Waals surface area contributed by atoms with E-state index in [1.807, 2.05) is 6.07 Å². The van der Waals surface area contributed by atoms with Crippen LogP contribution < -0.4 is 10.1 Å². The second-order valence-corrected chi connectivity index (χ2v) is 5.50. The Balaban J connectivity index is 1.65. The van der Waals surface area contributed by atoms with Crippen LogP contribution in [0.4, 0.5) is 10.1 Å². The Labute approximate surface area is 155 Å². The Hall–Kier alpha value is -3.98. The van der Waals surface area contributed by atoms with E-state index in [1.165, 1.54) is 30.5 Å². The van der Waals surface area contributed by atoms with E-state index in [1.54, 1.807) is 48.7 Å². The number of aromatic nitrogens is 1. The molecule has 3 rings (SSSR count). The number of carbonyl (C=O) groups excluding carboxylic acids is 1. The van der Waals surface area contributed by atoms with Gasteiger partial charge in [0.15, 0.2) is 11.6 Å². The van der Waals surface area contributed by atoms with Gasteiger partial charge in [0, 0.05) is 18.0 Å². The second kappa shape index (κ2) is 8.41. The van der Waals surface area contributed by atoms with Crippen LogP contribution in [0.15, 0.2) is 73.1 Å². The molecular formula is C21H14FN3O2. The largest absolute Gasteiger partial charge is 0.453 e. The molecule has 3 aromatic rings. The number of benzene rings is 2. The van der Waals surface area contributed by atoms with Gasteiger partial charge in [0.25, 0.3) is 0 Å². The van der Waals surface area contributed by atoms with Crippen LogP contribution >= 0.6 is 0 Å². The molecule has 0 spiro atoms. The molecule has 0 aliphatic heterocycles. The highest BCUT2D eigenvalue weighted by molar-refractivity contribution is 6.02. The van der Waals surface area contributed by atoms with Gasteiger partial charge in [-0.3, -0.25) is 9.78 Å². The van der Waals surface area contributed by atoms with Gasteiger partial charge in [0.1, 0.15) is 5.75 Å². The smallest absolute Gasteiger partial charge is 0.248 e. The summed E-state index contributed by atoms with van der Waals surface area (Å²) < 4.78 is 19.6. The van der Waals surface area contributed by atoms with E-state index in [0.29, 0.717) is 22.6 Å². The minimum Gasteiger partial charge on any atom is -0.453 e. The van der Waals surface area contributed by atoms with Crippen LogP contribution in [0.1, 0.15) is 11.1 Å². The second-order valence-electron chi connectivity index (χ2n) is 5.50. The van der Waals surface area contributed by atoms with E-state index in [-0.39, 0.29) is 11.7 Å². The van der Waals surface area contributed by atoms with Crippen molar-refractivity contribution in [3.05, 3.63) is 90.0 Å². The van der Waals surface area contributed by atoms with Gasteiger partial charge in [-0.2, -0.15) is 5.26 Å². The summed E-state index contributed by atoms with van der Waals surface area (Å²) in [6, 6.07) is 16.3. The van der Waals surface area contributed by atoms with Crippen molar-refractivity contribution in [2.75, 3.05) is 5.32 Å². The molecule has 5 nitrogen and oxygen atoms in total. The molecule has 6 heteroatoms. The number of ether oxygens (including phenoxy) is 1. The number of anilines is 1. The van der Waals surface area contributed by atoms with Crippen molar-refractivity contribution in [3.63, 3.8) is 0 Å². The third-order valence-corrected chi connectivity index (χ3v) is 3.50. The zero-order valence-electron chi connectivity index (χ0n) is 14.1. The highest BCUT2D eigenvalue weighted by Crippen LogP contribution is 2.24. The number of rotatable bonds is 5. The molecular weight excluding hydrogens is 345 g/mol. The molecule has 1 heterocycles. The maximum absolute atomic E-state index is 14.2. The monoisotopic (exact) mass is 359 g/mol. The van der Waals surface area contributed by atoms with Gasteiger partial charge >= 0.3 is 0 Å². The van der Waals surface area contributed by atoms with E-state index in [4.69, 9.17) is 10.00 Å². The lowest BCUT2D eigenvalue weighted by atomic mass is 10.2. The molecule has 132 valence electrons. The van der Waals surface area contributed by atoms with Crippen LogP contribution in [-0.4, -0.2) is 10.9 Å². The normalized spacial score (nSPS) is 10.4. The summed E-state index contributed by atoms with van der Waals surface area (Å²) in [4.78, 5) is 15.9. The summed E-state index contributed by atoms with van der Waals surface area (Å²) >= 11 is 0. The molecule has 0 aliphatic rings.